The number of halogens is 5. The van der Waals surface area contributed by atoms with Crippen molar-refractivity contribution in [2.24, 2.45) is 0 Å². The Kier molecular flexibility index (Phi) is 2.40. The van der Waals surface area contributed by atoms with Crippen molar-refractivity contribution in [3.05, 3.63) is 6.17 Å². The van der Waals surface area contributed by atoms with Crippen molar-refractivity contribution >= 4 is 0 Å². The van der Waals surface area contributed by atoms with Gasteiger partial charge < -0.3 is 0 Å². The summed E-state index contributed by atoms with van der Waals surface area (Å²) in [4.78, 5) is 0. The lowest BCUT2D eigenvalue weighted by Crippen LogP contribution is -2.23. The molecule has 1 atom stereocenters. The van der Waals surface area contributed by atoms with E-state index in [1.807, 2.05) is 0 Å². The first kappa shape index (κ1) is 8.65. The summed E-state index contributed by atoms with van der Waals surface area (Å²) in [6.45, 7) is 0.489. The van der Waals surface area contributed by atoms with Crippen LogP contribution in [0.5, 0.6) is 0 Å². The zero-order chi connectivity index (χ0) is 7.65. The van der Waals surface area contributed by atoms with Crippen molar-refractivity contribution in [2.75, 3.05) is 0 Å². The van der Waals surface area contributed by atoms with E-state index in [-0.39, 0.29) is 0 Å². The number of rotatable bonds is 1. The first-order chi connectivity index (χ1) is 3.85. The molecule has 0 saturated heterocycles. The maximum Gasteiger partial charge on any atom is 0.429 e. The monoisotopic (exact) mass is 147 g/mol. The molecule has 0 amide bonds. The third-order valence-corrected chi connectivity index (χ3v) is 0.620. The fraction of sp³-hybridized carbons (Fsp3) is 0.750. The Morgan fingerprint density at radius 2 is 1.67 bits per heavy atom. The van der Waals surface area contributed by atoms with Gasteiger partial charge >= 0.3 is 6.18 Å². The molecule has 0 aromatic carbocycles. The van der Waals surface area contributed by atoms with Crippen molar-refractivity contribution in [3.63, 3.8) is 0 Å². The quantitative estimate of drug-likeness (QED) is 0.499. The summed E-state index contributed by atoms with van der Waals surface area (Å²) in [6, 6.07) is 0. The van der Waals surface area contributed by atoms with Crippen molar-refractivity contribution in [1.29, 1.82) is 0 Å². The summed E-state index contributed by atoms with van der Waals surface area (Å²) in [5, 5.41) is 0. The van der Waals surface area contributed by atoms with E-state index in [1.165, 1.54) is 0 Å². The Hall–Kier alpha value is -0.350. The molecule has 0 N–H and O–H groups in total. The summed E-state index contributed by atoms with van der Waals surface area (Å²) < 4.78 is 56.1. The molecule has 0 aliphatic heterocycles. The zero-order valence-electron chi connectivity index (χ0n) is 4.47. The second-order valence-corrected chi connectivity index (χ2v) is 1.46. The molecule has 0 rings (SSSR count). The minimum atomic E-state index is -5.14. The van der Waals surface area contributed by atoms with Gasteiger partial charge in [-0.3, -0.25) is 0 Å². The normalized spacial score (nSPS) is 16.3. The third kappa shape index (κ3) is 2.62. The fourth-order valence-electron chi connectivity index (χ4n) is 0.226. The van der Waals surface area contributed by atoms with Crippen LogP contribution in [0.3, 0.4) is 0 Å². The van der Waals surface area contributed by atoms with E-state index in [0.717, 1.165) is 0 Å². The Morgan fingerprint density at radius 1 is 1.33 bits per heavy atom. The predicted molar refractivity (Wildman–Crippen MR) is 21.0 cm³/mol. The summed E-state index contributed by atoms with van der Waals surface area (Å²) in [6.07, 6.45) is -10.3. The first-order valence-corrected chi connectivity index (χ1v) is 2.09. The van der Waals surface area contributed by atoms with E-state index in [1.54, 1.807) is 0 Å². The van der Waals surface area contributed by atoms with E-state index in [9.17, 15) is 22.0 Å². The molecule has 0 nitrogen and oxygen atoms in total. The minimum absolute atomic E-state index is 0.489. The molecule has 0 bridgehead atoms. The largest absolute Gasteiger partial charge is 0.429 e. The smallest absolute Gasteiger partial charge is 0.244 e. The van der Waals surface area contributed by atoms with Gasteiger partial charge in [0.2, 0.25) is 0 Å². The minimum Gasteiger partial charge on any atom is -0.244 e. The molecule has 1 unspecified atom stereocenters. The van der Waals surface area contributed by atoms with Gasteiger partial charge in [-0.25, -0.2) is 8.78 Å². The summed E-state index contributed by atoms with van der Waals surface area (Å²) in [7, 11) is 0. The van der Waals surface area contributed by atoms with E-state index >= 15 is 0 Å². The molecular weight excluding hydrogens is 143 g/mol. The van der Waals surface area contributed by atoms with Gasteiger partial charge in [0.05, 0.1) is 0 Å². The maximum absolute atomic E-state index is 11.5. The third-order valence-electron chi connectivity index (χ3n) is 0.620. The predicted octanol–water partition coefficient (Wildman–Crippen LogP) is 2.41. The van der Waals surface area contributed by atoms with Crippen LogP contribution >= 0.6 is 0 Å². The highest BCUT2D eigenvalue weighted by molar-refractivity contribution is 4.90. The topological polar surface area (TPSA) is 0 Å². The van der Waals surface area contributed by atoms with Crippen LogP contribution in [0.15, 0.2) is 0 Å². The van der Waals surface area contributed by atoms with Crippen molar-refractivity contribution in [3.8, 4) is 0 Å². The van der Waals surface area contributed by atoms with Gasteiger partial charge in [0, 0.05) is 0 Å². The molecule has 0 spiro atoms. The molecule has 0 aliphatic carbocycles. The summed E-state index contributed by atoms with van der Waals surface area (Å²) in [5.41, 5.74) is 0. The fourth-order valence-corrected chi connectivity index (χ4v) is 0.226. The van der Waals surface area contributed by atoms with Crippen LogP contribution in [0.4, 0.5) is 22.0 Å². The van der Waals surface area contributed by atoms with Gasteiger partial charge in [-0.15, -0.1) is 0 Å². The Labute approximate surface area is 48.7 Å². The Bertz CT molecular complexity index is 83.4. The van der Waals surface area contributed by atoms with E-state index in [4.69, 9.17) is 0 Å². The maximum atomic E-state index is 11.5. The van der Waals surface area contributed by atoms with Gasteiger partial charge in [0.1, 0.15) is 6.17 Å². The highest BCUT2D eigenvalue weighted by atomic mass is 19.4. The van der Waals surface area contributed by atoms with E-state index in [2.05, 4.69) is 0 Å². The molecule has 0 aromatic heterocycles. The number of hydrogen-bond acceptors (Lipinski definition) is 0. The molecule has 0 heterocycles. The van der Waals surface area contributed by atoms with Crippen LogP contribution in [0, 0.1) is 6.17 Å². The molecule has 55 valence electrons. The molecular formula is C4H4F5. The second kappa shape index (κ2) is 2.49. The van der Waals surface area contributed by atoms with Gasteiger partial charge in [-0.2, -0.15) is 13.2 Å². The zero-order valence-corrected chi connectivity index (χ0v) is 4.47. The second-order valence-electron chi connectivity index (χ2n) is 1.46. The van der Waals surface area contributed by atoms with E-state index < -0.39 is 18.5 Å². The molecule has 0 fully saturated rings. The summed E-state index contributed by atoms with van der Waals surface area (Å²) in [5.74, 6) is 0. The highest BCUT2D eigenvalue weighted by Gasteiger charge is 2.45. The van der Waals surface area contributed by atoms with Gasteiger partial charge in [0.25, 0.3) is 6.17 Å². The average Bonchev–Trinajstić information content (AvgIpc) is 1.62. The van der Waals surface area contributed by atoms with Crippen LogP contribution in [0.2, 0.25) is 0 Å². The lowest BCUT2D eigenvalue weighted by atomic mass is 10.3. The molecule has 9 heavy (non-hydrogen) atoms. The lowest BCUT2D eigenvalue weighted by molar-refractivity contribution is -0.149. The van der Waals surface area contributed by atoms with Crippen molar-refractivity contribution in [1.82, 2.24) is 0 Å². The number of alkyl halides is 4. The van der Waals surface area contributed by atoms with E-state index in [0.29, 0.717) is 6.92 Å². The van der Waals surface area contributed by atoms with Crippen LogP contribution in [0.25, 0.3) is 0 Å². The van der Waals surface area contributed by atoms with Gasteiger partial charge in [-0.05, 0) is 6.92 Å². The Morgan fingerprint density at radius 3 is 1.67 bits per heavy atom. The summed E-state index contributed by atoms with van der Waals surface area (Å²) >= 11 is 0. The Balaban J connectivity index is 3.88. The lowest BCUT2D eigenvalue weighted by Gasteiger charge is -2.10. The van der Waals surface area contributed by atoms with Crippen LogP contribution in [0.1, 0.15) is 6.92 Å². The molecule has 0 saturated carbocycles. The molecule has 5 heteroatoms. The van der Waals surface area contributed by atoms with Crippen LogP contribution in [-0.4, -0.2) is 12.3 Å². The SMILES string of the molecule is CC(F)[C](F)C(F)(F)F. The average molecular weight is 147 g/mol. The standard InChI is InChI=1S/C4H4F5/c1-2(5)3(6)4(7,8)9/h2H,1H3. The van der Waals surface area contributed by atoms with Crippen molar-refractivity contribution in [2.45, 2.75) is 19.3 Å². The molecule has 0 aromatic rings. The van der Waals surface area contributed by atoms with Crippen molar-refractivity contribution < 1.29 is 22.0 Å². The van der Waals surface area contributed by atoms with Gasteiger partial charge in [0.15, 0.2) is 0 Å². The first-order valence-electron chi connectivity index (χ1n) is 2.09. The highest BCUT2D eigenvalue weighted by Crippen LogP contribution is 2.32. The van der Waals surface area contributed by atoms with Crippen LogP contribution in [-0.2, 0) is 0 Å². The van der Waals surface area contributed by atoms with Crippen LogP contribution < -0.4 is 0 Å². The molecule has 0 aliphatic rings. The number of hydrogen-bond donors (Lipinski definition) is 0. The molecule has 1 radical (unpaired) electrons. The van der Waals surface area contributed by atoms with Gasteiger partial charge in [-0.1, -0.05) is 0 Å².